The zero-order valence-electron chi connectivity index (χ0n) is 14.7. The minimum atomic E-state index is -0.0418. The lowest BCUT2D eigenvalue weighted by atomic mass is 10.1. The summed E-state index contributed by atoms with van der Waals surface area (Å²) >= 11 is 0. The number of anilines is 2. The molecule has 0 fully saturated rings. The molecular weight excluding hydrogens is 314 g/mol. The lowest BCUT2D eigenvalue weighted by molar-refractivity contribution is -0.117. The van der Waals surface area contributed by atoms with Gasteiger partial charge in [-0.25, -0.2) is 0 Å². The van der Waals surface area contributed by atoms with Crippen molar-refractivity contribution in [1.82, 2.24) is 4.90 Å². The van der Waals surface area contributed by atoms with Gasteiger partial charge in [-0.3, -0.25) is 14.5 Å². The van der Waals surface area contributed by atoms with Crippen LogP contribution in [0.15, 0.2) is 48.5 Å². The molecule has 2 amide bonds. The average molecular weight is 337 g/mol. The van der Waals surface area contributed by atoms with Gasteiger partial charge in [0.05, 0.1) is 6.54 Å². The van der Waals surface area contributed by atoms with Crippen LogP contribution in [0.3, 0.4) is 0 Å². The number of likely N-dealkylation sites (N-methyl/N-ethyl adjacent to an activating group) is 1. The Kier molecular flexibility index (Phi) is 5.14. The van der Waals surface area contributed by atoms with Crippen molar-refractivity contribution in [2.45, 2.75) is 19.9 Å². The van der Waals surface area contributed by atoms with E-state index < -0.39 is 0 Å². The highest BCUT2D eigenvalue weighted by Gasteiger charge is 2.22. The normalized spacial score (nSPS) is 13.0. The molecule has 1 aliphatic heterocycles. The average Bonchev–Trinajstić information content (AvgIpc) is 2.98. The van der Waals surface area contributed by atoms with Crippen LogP contribution in [0, 0.1) is 0 Å². The van der Waals surface area contributed by atoms with Crippen LogP contribution in [-0.2, 0) is 22.6 Å². The van der Waals surface area contributed by atoms with E-state index in [1.807, 2.05) is 48.3 Å². The zero-order chi connectivity index (χ0) is 17.8. The molecule has 0 aliphatic carbocycles. The molecule has 2 aromatic rings. The zero-order valence-corrected chi connectivity index (χ0v) is 14.7. The van der Waals surface area contributed by atoms with E-state index >= 15 is 0 Å². The van der Waals surface area contributed by atoms with Gasteiger partial charge in [-0.15, -0.1) is 0 Å². The molecule has 3 rings (SSSR count). The third-order valence-electron chi connectivity index (χ3n) is 4.35. The molecule has 0 unspecified atom stereocenters. The van der Waals surface area contributed by atoms with Gasteiger partial charge < -0.3 is 10.2 Å². The van der Waals surface area contributed by atoms with Crippen LogP contribution in [0.25, 0.3) is 0 Å². The van der Waals surface area contributed by atoms with Crippen molar-refractivity contribution in [3.8, 4) is 0 Å². The van der Waals surface area contributed by atoms with E-state index in [4.69, 9.17) is 0 Å². The predicted molar refractivity (Wildman–Crippen MR) is 99.6 cm³/mol. The smallest absolute Gasteiger partial charge is 0.238 e. The number of benzene rings is 2. The lowest BCUT2D eigenvalue weighted by Gasteiger charge is -2.17. The molecule has 0 saturated carbocycles. The molecular formula is C20H23N3O2. The van der Waals surface area contributed by atoms with Crippen molar-refractivity contribution in [1.29, 1.82) is 0 Å². The SMILES string of the molecule is CC(=O)N1CCc2cc(NC(=O)CN(C)Cc3ccccc3)ccc21. The number of nitrogens with one attached hydrogen (secondary N) is 1. The van der Waals surface area contributed by atoms with E-state index in [0.717, 1.165) is 29.9 Å². The quantitative estimate of drug-likeness (QED) is 0.913. The van der Waals surface area contributed by atoms with Gasteiger partial charge in [0.25, 0.3) is 0 Å². The van der Waals surface area contributed by atoms with Gasteiger partial charge in [-0.2, -0.15) is 0 Å². The van der Waals surface area contributed by atoms with E-state index in [-0.39, 0.29) is 11.8 Å². The largest absolute Gasteiger partial charge is 0.325 e. The monoisotopic (exact) mass is 337 g/mol. The van der Waals surface area contributed by atoms with Crippen LogP contribution in [0.1, 0.15) is 18.1 Å². The summed E-state index contributed by atoms with van der Waals surface area (Å²) in [6, 6.07) is 15.8. The number of hydrogen-bond acceptors (Lipinski definition) is 3. The van der Waals surface area contributed by atoms with Crippen LogP contribution in [-0.4, -0.2) is 36.9 Å². The highest BCUT2D eigenvalue weighted by Crippen LogP contribution is 2.30. The highest BCUT2D eigenvalue weighted by molar-refractivity contribution is 5.96. The molecule has 5 nitrogen and oxygen atoms in total. The Labute approximate surface area is 148 Å². The van der Waals surface area contributed by atoms with Gasteiger partial charge in [-0.05, 0) is 42.8 Å². The molecule has 25 heavy (non-hydrogen) atoms. The van der Waals surface area contributed by atoms with Crippen LogP contribution in [0.5, 0.6) is 0 Å². The van der Waals surface area contributed by atoms with Gasteiger partial charge in [0.2, 0.25) is 11.8 Å². The number of hydrogen-bond donors (Lipinski definition) is 1. The van der Waals surface area contributed by atoms with Gasteiger partial charge in [0.15, 0.2) is 0 Å². The molecule has 1 aliphatic rings. The van der Waals surface area contributed by atoms with E-state index in [1.165, 1.54) is 5.56 Å². The molecule has 0 aromatic heterocycles. The third-order valence-corrected chi connectivity index (χ3v) is 4.35. The summed E-state index contributed by atoms with van der Waals surface area (Å²) in [5.74, 6) is 0.0119. The second kappa shape index (κ2) is 7.49. The van der Waals surface area contributed by atoms with E-state index in [2.05, 4.69) is 17.4 Å². The number of carbonyl (C=O) groups excluding carboxylic acids is 2. The topological polar surface area (TPSA) is 52.7 Å². The lowest BCUT2D eigenvalue weighted by Crippen LogP contribution is -2.29. The van der Waals surface area contributed by atoms with E-state index in [1.54, 1.807) is 11.8 Å². The Bertz CT molecular complexity index is 774. The summed E-state index contributed by atoms with van der Waals surface area (Å²) in [6.45, 7) is 3.34. The Morgan fingerprint density at radius 2 is 1.92 bits per heavy atom. The Balaban J connectivity index is 1.57. The first-order valence-electron chi connectivity index (χ1n) is 8.46. The first-order chi connectivity index (χ1) is 12.0. The van der Waals surface area contributed by atoms with Crippen LogP contribution < -0.4 is 10.2 Å². The minimum absolute atomic E-state index is 0.0418. The standard InChI is InChI=1S/C20H23N3O2/c1-15(24)23-11-10-17-12-18(8-9-19(17)23)21-20(25)14-22(2)13-16-6-4-3-5-7-16/h3-9,12H,10-11,13-14H2,1-2H3,(H,21,25). The maximum Gasteiger partial charge on any atom is 0.238 e. The summed E-state index contributed by atoms with van der Waals surface area (Å²) in [7, 11) is 1.93. The van der Waals surface area contributed by atoms with Crippen LogP contribution in [0.4, 0.5) is 11.4 Å². The molecule has 0 radical (unpaired) electrons. The first kappa shape index (κ1) is 17.2. The fourth-order valence-corrected chi connectivity index (χ4v) is 3.20. The summed E-state index contributed by atoms with van der Waals surface area (Å²) in [6.07, 6.45) is 0.826. The van der Waals surface area contributed by atoms with Gasteiger partial charge in [0, 0.05) is 31.4 Å². The second-order valence-electron chi connectivity index (χ2n) is 6.47. The van der Waals surface area contributed by atoms with Crippen molar-refractivity contribution in [2.24, 2.45) is 0 Å². The molecule has 1 N–H and O–H groups in total. The van der Waals surface area contributed by atoms with Crippen molar-refractivity contribution in [3.05, 3.63) is 59.7 Å². The number of nitrogens with zero attached hydrogens (tertiary/aromatic N) is 2. The summed E-state index contributed by atoms with van der Waals surface area (Å²) in [5.41, 5.74) is 4.01. The molecule has 0 spiro atoms. The second-order valence-corrected chi connectivity index (χ2v) is 6.47. The number of fused-ring (bicyclic) bond motifs is 1. The minimum Gasteiger partial charge on any atom is -0.325 e. The molecule has 2 aromatic carbocycles. The highest BCUT2D eigenvalue weighted by atomic mass is 16.2. The molecule has 130 valence electrons. The molecule has 5 heteroatoms. The predicted octanol–water partition coefficient (Wildman–Crippen LogP) is 2.67. The Morgan fingerprint density at radius 1 is 1.16 bits per heavy atom. The third kappa shape index (κ3) is 4.25. The van der Waals surface area contributed by atoms with Crippen LogP contribution >= 0.6 is 0 Å². The molecule has 0 atom stereocenters. The number of amides is 2. The van der Waals surface area contributed by atoms with Gasteiger partial charge >= 0.3 is 0 Å². The van der Waals surface area contributed by atoms with Gasteiger partial charge in [-0.1, -0.05) is 30.3 Å². The molecule has 0 saturated heterocycles. The summed E-state index contributed by atoms with van der Waals surface area (Å²) in [4.78, 5) is 27.6. The Hall–Kier alpha value is -2.66. The van der Waals surface area contributed by atoms with Crippen molar-refractivity contribution >= 4 is 23.2 Å². The van der Waals surface area contributed by atoms with E-state index in [0.29, 0.717) is 13.1 Å². The maximum atomic E-state index is 12.3. The molecule has 0 bridgehead atoms. The number of rotatable bonds is 5. The maximum absolute atomic E-state index is 12.3. The summed E-state index contributed by atoms with van der Waals surface area (Å²) < 4.78 is 0. The first-order valence-corrected chi connectivity index (χ1v) is 8.46. The van der Waals surface area contributed by atoms with E-state index in [9.17, 15) is 9.59 Å². The fourth-order valence-electron chi connectivity index (χ4n) is 3.20. The van der Waals surface area contributed by atoms with Gasteiger partial charge in [0.1, 0.15) is 0 Å². The van der Waals surface area contributed by atoms with Crippen molar-refractivity contribution in [3.63, 3.8) is 0 Å². The van der Waals surface area contributed by atoms with Crippen molar-refractivity contribution in [2.75, 3.05) is 30.4 Å². The van der Waals surface area contributed by atoms with Crippen molar-refractivity contribution < 1.29 is 9.59 Å². The van der Waals surface area contributed by atoms with Crippen LogP contribution in [0.2, 0.25) is 0 Å². The summed E-state index contributed by atoms with van der Waals surface area (Å²) in [5, 5.41) is 2.95. The Morgan fingerprint density at radius 3 is 2.64 bits per heavy atom. The number of carbonyl (C=O) groups is 2. The molecule has 1 heterocycles. The fraction of sp³-hybridized carbons (Fsp3) is 0.300.